The molecular weight excluding hydrogens is 307 g/mol. The second-order valence-corrected chi connectivity index (χ2v) is 5.65. The standard InChI is InChI=1S/C17H12Cl2O2/c18-14-7-3-12(4-8-14)17(16(20)2-1-11-21-17)13-5-9-15(19)10-6-13/h1-10H,11H2. The predicted octanol–water partition coefficient (Wildman–Crippen LogP) is 4.39. The minimum Gasteiger partial charge on any atom is -0.353 e. The smallest absolute Gasteiger partial charge is 0.196 e. The van der Waals surface area contributed by atoms with Gasteiger partial charge in [0.2, 0.25) is 0 Å². The van der Waals surface area contributed by atoms with Crippen LogP contribution in [0.1, 0.15) is 11.1 Å². The minimum absolute atomic E-state index is 0.113. The topological polar surface area (TPSA) is 26.3 Å². The van der Waals surface area contributed by atoms with E-state index in [1.807, 2.05) is 24.3 Å². The molecule has 0 fully saturated rings. The first-order valence-electron chi connectivity index (χ1n) is 6.50. The quantitative estimate of drug-likeness (QED) is 0.820. The second kappa shape index (κ2) is 5.64. The molecule has 1 aliphatic rings. The minimum atomic E-state index is -1.13. The van der Waals surface area contributed by atoms with Crippen molar-refractivity contribution in [2.24, 2.45) is 0 Å². The molecule has 1 aliphatic heterocycles. The van der Waals surface area contributed by atoms with E-state index in [4.69, 9.17) is 27.9 Å². The van der Waals surface area contributed by atoms with Gasteiger partial charge in [-0.25, -0.2) is 0 Å². The maximum atomic E-state index is 12.6. The molecule has 0 aliphatic carbocycles. The zero-order chi connectivity index (χ0) is 14.9. The third-order valence-corrected chi connectivity index (χ3v) is 4.02. The molecule has 0 amide bonds. The normalized spacial score (nSPS) is 17.0. The van der Waals surface area contributed by atoms with E-state index in [0.717, 1.165) is 11.1 Å². The third-order valence-electron chi connectivity index (χ3n) is 3.51. The van der Waals surface area contributed by atoms with E-state index in [9.17, 15) is 4.79 Å². The summed E-state index contributed by atoms with van der Waals surface area (Å²) in [5.74, 6) is -0.113. The van der Waals surface area contributed by atoms with Gasteiger partial charge in [-0.05, 0) is 41.5 Å². The van der Waals surface area contributed by atoms with Crippen LogP contribution >= 0.6 is 23.2 Å². The van der Waals surface area contributed by atoms with Crippen LogP contribution in [0.2, 0.25) is 10.0 Å². The molecule has 2 nitrogen and oxygen atoms in total. The summed E-state index contributed by atoms with van der Waals surface area (Å²) < 4.78 is 5.91. The zero-order valence-corrected chi connectivity index (χ0v) is 12.6. The molecule has 2 aromatic carbocycles. The molecule has 106 valence electrons. The fourth-order valence-corrected chi connectivity index (χ4v) is 2.76. The Kier molecular flexibility index (Phi) is 3.85. The molecule has 21 heavy (non-hydrogen) atoms. The fraction of sp³-hybridized carbons (Fsp3) is 0.118. The van der Waals surface area contributed by atoms with Crippen molar-refractivity contribution in [3.8, 4) is 0 Å². The molecule has 0 radical (unpaired) electrons. The molecule has 0 spiro atoms. The Labute approximate surface area is 132 Å². The van der Waals surface area contributed by atoms with Gasteiger partial charge in [0.1, 0.15) is 0 Å². The van der Waals surface area contributed by atoms with Gasteiger partial charge in [-0.1, -0.05) is 53.5 Å². The number of carbonyl (C=O) groups excluding carboxylic acids is 1. The monoisotopic (exact) mass is 318 g/mol. The Morgan fingerprint density at radius 3 is 1.76 bits per heavy atom. The molecule has 0 bridgehead atoms. The van der Waals surface area contributed by atoms with E-state index < -0.39 is 5.60 Å². The lowest BCUT2D eigenvalue weighted by Crippen LogP contribution is -2.41. The molecule has 0 saturated carbocycles. The van der Waals surface area contributed by atoms with Crippen molar-refractivity contribution in [1.82, 2.24) is 0 Å². The van der Waals surface area contributed by atoms with Gasteiger partial charge in [0, 0.05) is 10.0 Å². The number of ketones is 1. The van der Waals surface area contributed by atoms with Crippen molar-refractivity contribution in [2.45, 2.75) is 5.60 Å². The number of benzene rings is 2. The predicted molar refractivity (Wildman–Crippen MR) is 83.8 cm³/mol. The summed E-state index contributed by atoms with van der Waals surface area (Å²) >= 11 is 11.9. The highest BCUT2D eigenvalue weighted by molar-refractivity contribution is 6.30. The highest BCUT2D eigenvalue weighted by Crippen LogP contribution is 2.38. The lowest BCUT2D eigenvalue weighted by Gasteiger charge is -2.34. The highest BCUT2D eigenvalue weighted by atomic mass is 35.5. The van der Waals surface area contributed by atoms with Crippen molar-refractivity contribution < 1.29 is 9.53 Å². The van der Waals surface area contributed by atoms with Crippen LogP contribution in [-0.2, 0) is 15.1 Å². The largest absolute Gasteiger partial charge is 0.353 e. The first-order valence-corrected chi connectivity index (χ1v) is 7.25. The number of hydrogen-bond acceptors (Lipinski definition) is 2. The molecule has 0 atom stereocenters. The maximum Gasteiger partial charge on any atom is 0.196 e. The van der Waals surface area contributed by atoms with Gasteiger partial charge in [-0.3, -0.25) is 4.79 Å². The van der Waals surface area contributed by atoms with Gasteiger partial charge < -0.3 is 4.74 Å². The van der Waals surface area contributed by atoms with E-state index in [-0.39, 0.29) is 5.78 Å². The molecule has 1 heterocycles. The average Bonchev–Trinajstić information content (AvgIpc) is 2.50. The van der Waals surface area contributed by atoms with Crippen LogP contribution in [0.4, 0.5) is 0 Å². The highest BCUT2D eigenvalue weighted by Gasteiger charge is 2.43. The van der Waals surface area contributed by atoms with Gasteiger partial charge >= 0.3 is 0 Å². The summed E-state index contributed by atoms with van der Waals surface area (Å²) in [5.41, 5.74) is 0.372. The average molecular weight is 319 g/mol. The number of halogens is 2. The van der Waals surface area contributed by atoms with Crippen LogP contribution < -0.4 is 0 Å². The Morgan fingerprint density at radius 2 is 1.33 bits per heavy atom. The van der Waals surface area contributed by atoms with E-state index in [1.54, 1.807) is 36.4 Å². The van der Waals surface area contributed by atoms with Crippen LogP contribution in [0.15, 0.2) is 60.7 Å². The van der Waals surface area contributed by atoms with Crippen molar-refractivity contribution >= 4 is 29.0 Å². The van der Waals surface area contributed by atoms with Crippen molar-refractivity contribution in [2.75, 3.05) is 6.61 Å². The second-order valence-electron chi connectivity index (χ2n) is 4.77. The lowest BCUT2D eigenvalue weighted by atomic mass is 9.81. The lowest BCUT2D eigenvalue weighted by molar-refractivity contribution is -0.135. The fourth-order valence-electron chi connectivity index (χ4n) is 2.50. The number of ether oxygens (including phenoxy) is 1. The Balaban J connectivity index is 2.20. The van der Waals surface area contributed by atoms with Gasteiger partial charge in [-0.2, -0.15) is 0 Å². The summed E-state index contributed by atoms with van der Waals surface area (Å²) in [6, 6.07) is 14.3. The van der Waals surface area contributed by atoms with Crippen molar-refractivity contribution in [1.29, 1.82) is 0 Å². The molecule has 4 heteroatoms. The van der Waals surface area contributed by atoms with E-state index >= 15 is 0 Å². The van der Waals surface area contributed by atoms with Crippen molar-refractivity contribution in [3.63, 3.8) is 0 Å². The molecule has 0 aromatic heterocycles. The third kappa shape index (κ3) is 2.51. The zero-order valence-electron chi connectivity index (χ0n) is 11.1. The summed E-state index contributed by atoms with van der Waals surface area (Å²) in [6.45, 7) is 0.372. The molecule has 0 unspecified atom stereocenters. The number of hydrogen-bond donors (Lipinski definition) is 0. The summed E-state index contributed by atoms with van der Waals surface area (Å²) in [5, 5.41) is 1.23. The van der Waals surface area contributed by atoms with E-state index in [0.29, 0.717) is 16.7 Å². The van der Waals surface area contributed by atoms with Gasteiger partial charge in [0.25, 0.3) is 0 Å². The van der Waals surface area contributed by atoms with Crippen LogP contribution in [0.5, 0.6) is 0 Å². The Morgan fingerprint density at radius 1 is 0.857 bits per heavy atom. The van der Waals surface area contributed by atoms with Gasteiger partial charge in [-0.15, -0.1) is 0 Å². The van der Waals surface area contributed by atoms with E-state index in [1.165, 1.54) is 0 Å². The molecule has 2 aromatic rings. The van der Waals surface area contributed by atoms with Crippen LogP contribution in [0.3, 0.4) is 0 Å². The van der Waals surface area contributed by atoms with Gasteiger partial charge in [0.05, 0.1) is 6.61 Å². The van der Waals surface area contributed by atoms with Crippen molar-refractivity contribution in [3.05, 3.63) is 81.9 Å². The van der Waals surface area contributed by atoms with Gasteiger partial charge in [0.15, 0.2) is 11.4 Å². The molecular formula is C17H12Cl2O2. The number of carbonyl (C=O) groups is 1. The molecule has 0 saturated heterocycles. The maximum absolute atomic E-state index is 12.6. The Hall–Kier alpha value is -1.61. The number of rotatable bonds is 2. The first-order chi connectivity index (χ1) is 10.1. The molecule has 3 rings (SSSR count). The van der Waals surface area contributed by atoms with E-state index in [2.05, 4.69) is 0 Å². The van der Waals surface area contributed by atoms with Crippen LogP contribution in [0.25, 0.3) is 0 Å². The van der Waals surface area contributed by atoms with Crippen LogP contribution in [-0.4, -0.2) is 12.4 Å². The summed E-state index contributed by atoms with van der Waals surface area (Å²) in [4.78, 5) is 12.6. The Bertz CT molecular complexity index is 642. The molecule has 0 N–H and O–H groups in total. The van der Waals surface area contributed by atoms with Crippen LogP contribution in [0, 0.1) is 0 Å². The summed E-state index contributed by atoms with van der Waals surface area (Å²) in [6.07, 6.45) is 3.28. The SMILES string of the molecule is O=C1C=CCOC1(c1ccc(Cl)cc1)c1ccc(Cl)cc1. The first kappa shape index (κ1) is 14.3. The summed E-state index contributed by atoms with van der Waals surface area (Å²) in [7, 11) is 0.